The fraction of sp³-hybridized carbons (Fsp3) is 0.706. The topological polar surface area (TPSA) is 74.8 Å². The highest BCUT2D eigenvalue weighted by Gasteiger charge is 2.34. The number of fused-ring (bicyclic) bond motifs is 1. The van der Waals surface area contributed by atoms with Crippen LogP contribution in [0.2, 0.25) is 0 Å². The molecule has 0 aromatic carbocycles. The van der Waals surface area contributed by atoms with Crippen molar-refractivity contribution in [2.24, 2.45) is 5.92 Å². The minimum atomic E-state index is -0.523. The van der Waals surface area contributed by atoms with Gasteiger partial charge in [-0.05, 0) is 34.2 Å². The highest BCUT2D eigenvalue weighted by Crippen LogP contribution is 2.29. The number of rotatable bonds is 2. The molecule has 1 fully saturated rings. The summed E-state index contributed by atoms with van der Waals surface area (Å²) in [4.78, 5) is 34.3. The molecule has 1 saturated heterocycles. The predicted octanol–water partition coefficient (Wildman–Crippen LogP) is 2.33. The number of thiazole rings is 1. The van der Waals surface area contributed by atoms with E-state index >= 15 is 0 Å². The van der Waals surface area contributed by atoms with E-state index in [-0.39, 0.29) is 17.9 Å². The van der Waals surface area contributed by atoms with E-state index in [2.05, 4.69) is 22.2 Å². The van der Waals surface area contributed by atoms with Gasteiger partial charge in [0.2, 0.25) is 5.91 Å². The van der Waals surface area contributed by atoms with Gasteiger partial charge >= 0.3 is 6.09 Å². The van der Waals surface area contributed by atoms with Crippen LogP contribution in [0.4, 0.5) is 9.93 Å². The van der Waals surface area contributed by atoms with Crippen LogP contribution in [0.5, 0.6) is 0 Å². The molecule has 2 amide bonds. The summed E-state index contributed by atoms with van der Waals surface area (Å²) in [6.45, 7) is 8.35. The van der Waals surface area contributed by atoms with E-state index in [1.54, 1.807) is 16.2 Å². The van der Waals surface area contributed by atoms with Gasteiger partial charge in [0.15, 0.2) is 5.13 Å². The van der Waals surface area contributed by atoms with Crippen LogP contribution in [-0.4, -0.2) is 59.1 Å². The fourth-order valence-electron chi connectivity index (χ4n) is 3.05. The Morgan fingerprint density at radius 2 is 2.08 bits per heavy atom. The van der Waals surface area contributed by atoms with E-state index in [1.807, 2.05) is 20.8 Å². The van der Waals surface area contributed by atoms with Gasteiger partial charge in [0.25, 0.3) is 0 Å². The smallest absolute Gasteiger partial charge is 0.410 e. The van der Waals surface area contributed by atoms with Crippen LogP contribution in [0.25, 0.3) is 0 Å². The van der Waals surface area contributed by atoms with Crippen LogP contribution >= 0.6 is 11.3 Å². The lowest BCUT2D eigenvalue weighted by atomic mass is 10.1. The van der Waals surface area contributed by atoms with E-state index in [0.29, 0.717) is 24.6 Å². The van der Waals surface area contributed by atoms with E-state index < -0.39 is 5.60 Å². The Balaban J connectivity index is 1.55. The minimum absolute atomic E-state index is 0.0643. The average Bonchev–Trinajstić information content (AvgIpc) is 3.11. The number of nitrogens with one attached hydrogen (secondary N) is 1. The standard InChI is InChI=1S/C17H26N4O3S/c1-17(2,3)24-16(23)21-8-5-11(9-21)14(22)19-15-18-12-6-7-20(4)10-13(12)25-15/h11H,5-10H2,1-4H3,(H,18,19,22)/t11-/m0/s1. The van der Waals surface area contributed by atoms with Gasteiger partial charge in [-0.2, -0.15) is 0 Å². The molecule has 1 atom stereocenters. The Bertz CT molecular complexity index is 667. The van der Waals surface area contributed by atoms with E-state index in [4.69, 9.17) is 4.74 Å². The first-order valence-corrected chi connectivity index (χ1v) is 9.49. The minimum Gasteiger partial charge on any atom is -0.444 e. The summed E-state index contributed by atoms with van der Waals surface area (Å²) < 4.78 is 5.37. The second kappa shape index (κ2) is 6.92. The van der Waals surface area contributed by atoms with Crippen LogP contribution < -0.4 is 5.32 Å². The number of likely N-dealkylation sites (N-methyl/N-ethyl adjacent to an activating group) is 1. The lowest BCUT2D eigenvalue weighted by Gasteiger charge is -2.24. The molecule has 3 heterocycles. The third-order valence-electron chi connectivity index (χ3n) is 4.36. The predicted molar refractivity (Wildman–Crippen MR) is 96.7 cm³/mol. The number of carbonyl (C=O) groups is 2. The lowest BCUT2D eigenvalue weighted by molar-refractivity contribution is -0.119. The number of aromatic nitrogens is 1. The second-order valence-electron chi connectivity index (χ2n) is 7.78. The van der Waals surface area contributed by atoms with Crippen molar-refractivity contribution < 1.29 is 14.3 Å². The normalized spacial score (nSPS) is 21.1. The lowest BCUT2D eigenvalue weighted by Crippen LogP contribution is -2.36. The Kier molecular flexibility index (Phi) is 5.02. The molecule has 2 aliphatic rings. The van der Waals surface area contributed by atoms with Gasteiger partial charge in [0.1, 0.15) is 5.60 Å². The van der Waals surface area contributed by atoms with Crippen LogP contribution in [0.1, 0.15) is 37.8 Å². The molecule has 0 spiro atoms. The summed E-state index contributed by atoms with van der Waals surface area (Å²) in [5.41, 5.74) is 0.574. The molecular weight excluding hydrogens is 340 g/mol. The number of hydrogen-bond acceptors (Lipinski definition) is 6. The van der Waals surface area contributed by atoms with Crippen molar-refractivity contribution >= 4 is 28.5 Å². The second-order valence-corrected chi connectivity index (χ2v) is 8.86. The van der Waals surface area contributed by atoms with Gasteiger partial charge in [-0.25, -0.2) is 9.78 Å². The van der Waals surface area contributed by atoms with Crippen LogP contribution in [0.3, 0.4) is 0 Å². The molecule has 2 aliphatic heterocycles. The maximum Gasteiger partial charge on any atom is 0.410 e. The van der Waals surface area contributed by atoms with Crippen LogP contribution in [0.15, 0.2) is 0 Å². The molecule has 1 aromatic heterocycles. The molecular formula is C17H26N4O3S. The summed E-state index contributed by atoms with van der Waals surface area (Å²) in [5, 5.41) is 3.60. The van der Waals surface area contributed by atoms with Gasteiger partial charge in [-0.1, -0.05) is 0 Å². The van der Waals surface area contributed by atoms with Gasteiger partial charge in [-0.15, -0.1) is 11.3 Å². The molecule has 3 rings (SSSR count). The van der Waals surface area contributed by atoms with E-state index in [9.17, 15) is 9.59 Å². The SMILES string of the molecule is CN1CCc2nc(NC(=O)[C@H]3CCN(C(=O)OC(C)(C)C)C3)sc2C1. The molecule has 1 aromatic rings. The first-order chi connectivity index (χ1) is 11.7. The Morgan fingerprint density at radius 1 is 1.32 bits per heavy atom. The van der Waals surface area contributed by atoms with Crippen molar-refractivity contribution in [3.8, 4) is 0 Å². The van der Waals surface area contributed by atoms with Gasteiger partial charge in [-0.3, -0.25) is 4.79 Å². The summed E-state index contributed by atoms with van der Waals surface area (Å²) in [7, 11) is 2.09. The van der Waals surface area contributed by atoms with Crippen LogP contribution in [0, 0.1) is 5.92 Å². The van der Waals surface area contributed by atoms with Crippen molar-refractivity contribution in [3.63, 3.8) is 0 Å². The highest BCUT2D eigenvalue weighted by atomic mass is 32.1. The van der Waals surface area contributed by atoms with Gasteiger partial charge < -0.3 is 19.9 Å². The maximum absolute atomic E-state index is 12.5. The molecule has 8 heteroatoms. The Morgan fingerprint density at radius 3 is 2.80 bits per heavy atom. The van der Waals surface area contributed by atoms with Crippen molar-refractivity contribution in [3.05, 3.63) is 10.6 Å². The van der Waals surface area contributed by atoms with Crippen molar-refractivity contribution in [1.82, 2.24) is 14.8 Å². The van der Waals surface area contributed by atoms with Crippen molar-refractivity contribution in [1.29, 1.82) is 0 Å². The summed E-state index contributed by atoms with van der Waals surface area (Å²) in [6, 6.07) is 0. The monoisotopic (exact) mass is 366 g/mol. The van der Waals surface area contributed by atoms with E-state index in [0.717, 1.165) is 25.2 Å². The fourth-order valence-corrected chi connectivity index (χ4v) is 4.14. The third-order valence-corrected chi connectivity index (χ3v) is 5.36. The van der Waals surface area contributed by atoms with Gasteiger partial charge in [0, 0.05) is 37.5 Å². The molecule has 138 valence electrons. The molecule has 0 aliphatic carbocycles. The number of ether oxygens (including phenoxy) is 1. The first kappa shape index (κ1) is 18.1. The number of hydrogen-bond donors (Lipinski definition) is 1. The van der Waals surface area contributed by atoms with Crippen LogP contribution in [-0.2, 0) is 22.5 Å². The maximum atomic E-state index is 12.5. The van der Waals surface area contributed by atoms with E-state index in [1.165, 1.54) is 4.88 Å². The zero-order valence-corrected chi connectivity index (χ0v) is 16.1. The highest BCUT2D eigenvalue weighted by molar-refractivity contribution is 7.15. The molecule has 7 nitrogen and oxygen atoms in total. The zero-order valence-electron chi connectivity index (χ0n) is 15.3. The molecule has 25 heavy (non-hydrogen) atoms. The largest absolute Gasteiger partial charge is 0.444 e. The number of likely N-dealkylation sites (tertiary alicyclic amines) is 1. The average molecular weight is 366 g/mol. The quantitative estimate of drug-likeness (QED) is 0.869. The van der Waals surface area contributed by atoms with Gasteiger partial charge in [0.05, 0.1) is 11.6 Å². The molecule has 0 unspecified atom stereocenters. The third kappa shape index (κ3) is 4.49. The number of amides is 2. The molecule has 1 N–H and O–H groups in total. The number of anilines is 1. The van der Waals surface area contributed by atoms with Crippen molar-refractivity contribution in [2.75, 3.05) is 32.0 Å². The summed E-state index contributed by atoms with van der Waals surface area (Å²) in [5.74, 6) is -0.276. The Hall–Kier alpha value is -1.67. The van der Waals surface area contributed by atoms with Crippen molar-refractivity contribution in [2.45, 2.75) is 45.8 Å². The molecule has 0 bridgehead atoms. The Labute approximate surface area is 152 Å². The molecule has 0 saturated carbocycles. The number of carbonyl (C=O) groups excluding carboxylic acids is 2. The zero-order chi connectivity index (χ0) is 18.2. The first-order valence-electron chi connectivity index (χ1n) is 8.67. The summed E-state index contributed by atoms with van der Waals surface area (Å²) in [6.07, 6.45) is 1.23. The molecule has 0 radical (unpaired) electrons. The number of nitrogens with zero attached hydrogens (tertiary/aromatic N) is 3. The summed E-state index contributed by atoms with van der Waals surface area (Å²) >= 11 is 1.55.